The number of hydrogen-bond acceptors (Lipinski definition) is 4. The van der Waals surface area contributed by atoms with Crippen molar-refractivity contribution in [3.63, 3.8) is 0 Å². The highest BCUT2D eigenvalue weighted by Gasteiger charge is 2.48. The lowest BCUT2D eigenvalue weighted by Crippen LogP contribution is -2.48. The molecule has 5 rings (SSSR count). The monoisotopic (exact) mass is 455 g/mol. The number of pyridine rings is 1. The first-order chi connectivity index (χ1) is 16.4. The SMILES string of the molecule is C[C@H]1C(=O)C(C#N)=C[C@]2(C)c3cc(-c4ccnc(CF)c4)cc(-c4ccccc4F)c3NC[C@H]12. The molecule has 0 saturated heterocycles. The predicted molar refractivity (Wildman–Crippen MR) is 127 cm³/mol. The van der Waals surface area contributed by atoms with Gasteiger partial charge in [0.25, 0.3) is 0 Å². The first-order valence-corrected chi connectivity index (χ1v) is 11.2. The van der Waals surface area contributed by atoms with Crippen LogP contribution in [0.1, 0.15) is 25.1 Å². The minimum Gasteiger partial charge on any atom is -0.384 e. The molecule has 4 nitrogen and oxygen atoms in total. The number of halogens is 2. The highest BCUT2D eigenvalue weighted by molar-refractivity contribution is 6.02. The molecule has 1 N–H and O–H groups in total. The summed E-state index contributed by atoms with van der Waals surface area (Å²) in [6.07, 6.45) is 3.33. The number of hydrogen-bond donors (Lipinski definition) is 1. The highest BCUT2D eigenvalue weighted by atomic mass is 19.1. The van der Waals surface area contributed by atoms with Gasteiger partial charge in [0, 0.05) is 40.9 Å². The third-order valence-electron chi connectivity index (χ3n) is 7.29. The van der Waals surface area contributed by atoms with Crippen LogP contribution in [-0.4, -0.2) is 17.3 Å². The van der Waals surface area contributed by atoms with Crippen LogP contribution in [0.4, 0.5) is 14.5 Å². The van der Waals surface area contributed by atoms with Crippen LogP contribution in [0.25, 0.3) is 22.3 Å². The Balaban J connectivity index is 1.83. The molecule has 0 unspecified atom stereocenters. The minimum atomic E-state index is -0.686. The third-order valence-corrected chi connectivity index (χ3v) is 7.29. The van der Waals surface area contributed by atoms with E-state index in [4.69, 9.17) is 0 Å². The Hall–Kier alpha value is -3.85. The average Bonchev–Trinajstić information content (AvgIpc) is 2.86. The molecule has 3 atom stereocenters. The van der Waals surface area contributed by atoms with Crippen molar-refractivity contribution in [2.45, 2.75) is 25.9 Å². The van der Waals surface area contributed by atoms with Crippen molar-refractivity contribution < 1.29 is 13.6 Å². The molecule has 0 radical (unpaired) electrons. The number of nitrogens with one attached hydrogen (secondary N) is 1. The van der Waals surface area contributed by atoms with Gasteiger partial charge < -0.3 is 5.32 Å². The summed E-state index contributed by atoms with van der Waals surface area (Å²) < 4.78 is 28.3. The van der Waals surface area contributed by atoms with Gasteiger partial charge in [-0.1, -0.05) is 38.1 Å². The summed E-state index contributed by atoms with van der Waals surface area (Å²) in [4.78, 5) is 16.8. The Labute approximate surface area is 197 Å². The molecule has 2 aromatic carbocycles. The Morgan fingerprint density at radius 3 is 2.71 bits per heavy atom. The number of fused-ring (bicyclic) bond motifs is 3. The van der Waals surface area contributed by atoms with Gasteiger partial charge in [-0.05, 0) is 52.9 Å². The number of anilines is 1. The van der Waals surface area contributed by atoms with E-state index >= 15 is 0 Å². The van der Waals surface area contributed by atoms with Gasteiger partial charge in [0.2, 0.25) is 0 Å². The van der Waals surface area contributed by atoms with Gasteiger partial charge in [0.15, 0.2) is 5.78 Å². The molecule has 170 valence electrons. The van der Waals surface area contributed by atoms with Crippen LogP contribution in [0, 0.1) is 29.0 Å². The van der Waals surface area contributed by atoms with Crippen LogP contribution in [0.2, 0.25) is 0 Å². The van der Waals surface area contributed by atoms with Gasteiger partial charge in [0.05, 0.1) is 11.3 Å². The van der Waals surface area contributed by atoms with Crippen LogP contribution in [-0.2, 0) is 16.9 Å². The van der Waals surface area contributed by atoms with E-state index in [1.807, 2.05) is 26.0 Å². The van der Waals surface area contributed by atoms with Crippen molar-refractivity contribution in [2.24, 2.45) is 11.8 Å². The smallest absolute Gasteiger partial charge is 0.176 e. The zero-order valence-electron chi connectivity index (χ0n) is 18.9. The van der Waals surface area contributed by atoms with E-state index in [0.717, 1.165) is 22.4 Å². The average molecular weight is 456 g/mol. The van der Waals surface area contributed by atoms with Crippen molar-refractivity contribution in [3.8, 4) is 28.3 Å². The summed E-state index contributed by atoms with van der Waals surface area (Å²) in [5.41, 5.74) is 4.18. The topological polar surface area (TPSA) is 65.8 Å². The number of carbonyl (C=O) groups excluding carboxylic acids is 1. The van der Waals surface area contributed by atoms with E-state index < -0.39 is 12.1 Å². The van der Waals surface area contributed by atoms with Gasteiger partial charge in [-0.3, -0.25) is 9.78 Å². The maximum atomic E-state index is 15.0. The molecule has 1 aliphatic heterocycles. The molecule has 0 fully saturated rings. The molecule has 0 amide bonds. The van der Waals surface area contributed by atoms with Gasteiger partial charge in [-0.2, -0.15) is 5.26 Å². The third kappa shape index (κ3) is 3.31. The highest BCUT2D eigenvalue weighted by Crippen LogP contribution is 2.52. The summed E-state index contributed by atoms with van der Waals surface area (Å²) in [6.45, 7) is 3.73. The molecule has 0 bridgehead atoms. The minimum absolute atomic E-state index is 0.0767. The van der Waals surface area contributed by atoms with E-state index in [9.17, 15) is 18.8 Å². The summed E-state index contributed by atoms with van der Waals surface area (Å²) in [5.74, 6) is -0.921. The van der Waals surface area contributed by atoms with Gasteiger partial charge in [-0.15, -0.1) is 0 Å². The standard InChI is InChI=1S/C28H23F2N3O/c1-16-24-15-33-26-22(21-5-3-4-6-25(21)30)10-18(17-7-8-32-20(9-17)13-29)11-23(26)28(24,2)12-19(14-31)27(16)34/h3-12,16,24,33H,13,15H2,1-2H3/t16-,24-,28-/m1/s1. The summed E-state index contributed by atoms with van der Waals surface area (Å²) in [6, 6.07) is 16.0. The van der Waals surface area contributed by atoms with E-state index in [-0.39, 0.29) is 29.0 Å². The fourth-order valence-corrected chi connectivity index (χ4v) is 5.44. The van der Waals surface area contributed by atoms with Gasteiger partial charge in [0.1, 0.15) is 18.6 Å². The van der Waals surface area contributed by atoms with Gasteiger partial charge >= 0.3 is 0 Å². The number of Topliss-reactive ketones (excluding diaryl/α,β-unsaturated/α-hetero) is 1. The molecule has 1 aromatic heterocycles. The molecule has 2 heterocycles. The van der Waals surface area contributed by atoms with Crippen LogP contribution < -0.4 is 5.32 Å². The maximum absolute atomic E-state index is 15.0. The lowest BCUT2D eigenvalue weighted by Gasteiger charge is -2.47. The number of carbonyl (C=O) groups is 1. The first-order valence-electron chi connectivity index (χ1n) is 11.2. The number of allylic oxidation sites excluding steroid dienone is 2. The lowest BCUT2D eigenvalue weighted by atomic mass is 9.59. The quantitative estimate of drug-likeness (QED) is 0.527. The lowest BCUT2D eigenvalue weighted by molar-refractivity contribution is -0.121. The largest absolute Gasteiger partial charge is 0.384 e. The maximum Gasteiger partial charge on any atom is 0.176 e. The molecule has 2 aliphatic rings. The van der Waals surface area contributed by atoms with E-state index in [0.29, 0.717) is 23.4 Å². The molecule has 0 spiro atoms. The number of alkyl halides is 1. The molecular formula is C28H23F2N3O. The Bertz CT molecular complexity index is 1390. The normalized spacial score (nSPS) is 23.3. The molecule has 3 aromatic rings. The van der Waals surface area contributed by atoms with E-state index in [1.54, 1.807) is 42.6 Å². The van der Waals surface area contributed by atoms with Crippen molar-refractivity contribution in [1.29, 1.82) is 5.26 Å². The predicted octanol–water partition coefficient (Wildman–Crippen LogP) is 5.99. The molecule has 0 saturated carbocycles. The second-order valence-corrected chi connectivity index (χ2v) is 9.19. The Morgan fingerprint density at radius 1 is 1.18 bits per heavy atom. The number of rotatable bonds is 3. The van der Waals surface area contributed by atoms with Crippen molar-refractivity contribution in [2.75, 3.05) is 11.9 Å². The first kappa shape index (κ1) is 22.0. The van der Waals surface area contributed by atoms with Crippen LogP contribution in [0.15, 0.2) is 66.4 Å². The fourth-order valence-electron chi connectivity index (χ4n) is 5.44. The Kier molecular flexibility index (Phi) is 5.28. The summed E-state index contributed by atoms with van der Waals surface area (Å²) >= 11 is 0. The zero-order valence-corrected chi connectivity index (χ0v) is 18.9. The second kappa shape index (κ2) is 8.18. The van der Waals surface area contributed by atoms with Crippen LogP contribution >= 0.6 is 0 Å². The van der Waals surface area contributed by atoms with Crippen molar-refractivity contribution >= 4 is 11.5 Å². The second-order valence-electron chi connectivity index (χ2n) is 9.19. The number of benzene rings is 2. The van der Waals surface area contributed by atoms with E-state index in [1.165, 1.54) is 6.07 Å². The van der Waals surface area contributed by atoms with Gasteiger partial charge in [-0.25, -0.2) is 8.78 Å². The molecule has 6 heteroatoms. The van der Waals surface area contributed by atoms with Crippen LogP contribution in [0.5, 0.6) is 0 Å². The molecular weight excluding hydrogens is 432 g/mol. The number of ketones is 1. The number of nitrogens with zero attached hydrogens (tertiary/aromatic N) is 2. The van der Waals surface area contributed by atoms with E-state index in [2.05, 4.69) is 16.4 Å². The number of aromatic nitrogens is 1. The molecule has 34 heavy (non-hydrogen) atoms. The van der Waals surface area contributed by atoms with Crippen LogP contribution in [0.3, 0.4) is 0 Å². The number of nitriles is 1. The van der Waals surface area contributed by atoms with Crippen molar-refractivity contribution in [1.82, 2.24) is 4.98 Å². The Morgan fingerprint density at radius 2 is 1.97 bits per heavy atom. The fraction of sp³-hybridized carbons (Fsp3) is 0.250. The summed E-state index contributed by atoms with van der Waals surface area (Å²) in [7, 11) is 0. The molecule has 1 aliphatic carbocycles. The van der Waals surface area contributed by atoms with Crippen molar-refractivity contribution in [3.05, 3.63) is 83.5 Å². The summed E-state index contributed by atoms with van der Waals surface area (Å²) in [5, 5.41) is 13.1. The zero-order chi connectivity index (χ0) is 24.0.